The van der Waals surface area contributed by atoms with Gasteiger partial charge in [0.15, 0.2) is 0 Å². The number of hydrogen-bond donors (Lipinski definition) is 1. The molecule has 0 saturated heterocycles. The number of allylic oxidation sites excluding steroid dienone is 6. The summed E-state index contributed by atoms with van der Waals surface area (Å²) in [5, 5.41) is 9.15. The molecule has 0 amide bonds. The van der Waals surface area contributed by atoms with Crippen molar-refractivity contribution >= 4 is 17.9 Å². The van der Waals surface area contributed by atoms with Crippen LogP contribution in [0.2, 0.25) is 0 Å². The Morgan fingerprint density at radius 2 is 1.32 bits per heavy atom. The van der Waals surface area contributed by atoms with Crippen molar-refractivity contribution in [3.63, 3.8) is 0 Å². The molecule has 0 aliphatic heterocycles. The van der Waals surface area contributed by atoms with E-state index in [4.69, 9.17) is 19.3 Å². The van der Waals surface area contributed by atoms with E-state index in [1.807, 2.05) is 0 Å². The highest BCUT2D eigenvalue weighted by Crippen LogP contribution is 2.39. The fourth-order valence-electron chi connectivity index (χ4n) is 6.80. The van der Waals surface area contributed by atoms with Crippen LogP contribution in [0.15, 0.2) is 36.5 Å². The van der Waals surface area contributed by atoms with Crippen molar-refractivity contribution in [3.05, 3.63) is 36.5 Å². The van der Waals surface area contributed by atoms with Gasteiger partial charge in [-0.25, -0.2) is 4.79 Å². The highest BCUT2D eigenvalue weighted by molar-refractivity contribution is 5.71. The van der Waals surface area contributed by atoms with Gasteiger partial charge in [0.2, 0.25) is 0 Å². The Morgan fingerprint density at radius 3 is 2.02 bits per heavy atom. The number of carbonyl (C=O) groups excluding carboxylic acids is 3. The Labute approximate surface area is 306 Å². The van der Waals surface area contributed by atoms with E-state index in [1.165, 1.54) is 64.2 Å². The van der Waals surface area contributed by atoms with Gasteiger partial charge in [-0.3, -0.25) is 9.59 Å². The van der Waals surface area contributed by atoms with Crippen LogP contribution in [-0.4, -0.2) is 48.4 Å². The van der Waals surface area contributed by atoms with Gasteiger partial charge in [-0.2, -0.15) is 0 Å². The van der Waals surface area contributed by atoms with Gasteiger partial charge in [0.1, 0.15) is 18.8 Å². The van der Waals surface area contributed by atoms with E-state index in [0.29, 0.717) is 19.3 Å². The SMILES string of the molecule is CC/C=C\CC1C(CC(=O)OCCC(CCCCCCCC/C=C\C/C=C\CCCCC)OC(=O)CCCCCCC)CCC1OC(=O)CO. The Kier molecular flexibility index (Phi) is 29.6. The predicted molar refractivity (Wildman–Crippen MR) is 205 cm³/mol. The molecule has 0 bridgehead atoms. The van der Waals surface area contributed by atoms with E-state index < -0.39 is 12.6 Å². The van der Waals surface area contributed by atoms with Crippen molar-refractivity contribution in [1.29, 1.82) is 0 Å². The molecule has 288 valence electrons. The van der Waals surface area contributed by atoms with E-state index in [0.717, 1.165) is 70.6 Å². The molecule has 0 heterocycles. The third kappa shape index (κ3) is 24.7. The van der Waals surface area contributed by atoms with Gasteiger partial charge in [0.25, 0.3) is 0 Å². The third-order valence-corrected chi connectivity index (χ3v) is 9.77. The molecule has 1 N–H and O–H groups in total. The number of aliphatic hydroxyl groups is 1. The molecule has 1 rings (SSSR count). The summed E-state index contributed by atoms with van der Waals surface area (Å²) in [7, 11) is 0. The zero-order valence-corrected chi connectivity index (χ0v) is 32.3. The average molecular weight is 703 g/mol. The van der Waals surface area contributed by atoms with Crippen LogP contribution in [0, 0.1) is 11.8 Å². The van der Waals surface area contributed by atoms with Crippen LogP contribution in [0.1, 0.15) is 181 Å². The maximum Gasteiger partial charge on any atom is 0.332 e. The van der Waals surface area contributed by atoms with Crippen molar-refractivity contribution in [2.45, 2.75) is 193 Å². The monoisotopic (exact) mass is 703 g/mol. The smallest absolute Gasteiger partial charge is 0.332 e. The van der Waals surface area contributed by atoms with Gasteiger partial charge in [0.05, 0.1) is 6.61 Å². The zero-order valence-electron chi connectivity index (χ0n) is 32.3. The van der Waals surface area contributed by atoms with Crippen LogP contribution in [-0.2, 0) is 28.6 Å². The minimum atomic E-state index is -0.638. The molecule has 1 aliphatic rings. The zero-order chi connectivity index (χ0) is 36.5. The summed E-state index contributed by atoms with van der Waals surface area (Å²) in [5.74, 6) is -0.946. The molecule has 7 nitrogen and oxygen atoms in total. The quantitative estimate of drug-likeness (QED) is 0.0322. The van der Waals surface area contributed by atoms with Gasteiger partial charge in [-0.1, -0.05) is 121 Å². The first-order valence-corrected chi connectivity index (χ1v) is 20.5. The first kappa shape index (κ1) is 45.6. The van der Waals surface area contributed by atoms with Gasteiger partial charge in [0, 0.05) is 25.2 Å². The van der Waals surface area contributed by atoms with Crippen molar-refractivity contribution in [1.82, 2.24) is 0 Å². The van der Waals surface area contributed by atoms with E-state index in [9.17, 15) is 14.4 Å². The summed E-state index contributed by atoms with van der Waals surface area (Å²) in [5.41, 5.74) is 0. The summed E-state index contributed by atoms with van der Waals surface area (Å²) in [6.45, 7) is 6.08. The predicted octanol–water partition coefficient (Wildman–Crippen LogP) is 11.1. The summed E-state index contributed by atoms with van der Waals surface area (Å²) in [4.78, 5) is 37.3. The average Bonchev–Trinajstić information content (AvgIpc) is 3.47. The lowest BCUT2D eigenvalue weighted by Crippen LogP contribution is -2.27. The Balaban J connectivity index is 2.45. The fraction of sp³-hybridized carbons (Fsp3) is 0.791. The third-order valence-electron chi connectivity index (χ3n) is 9.77. The maximum atomic E-state index is 12.9. The Bertz CT molecular complexity index is 940. The minimum Gasteiger partial charge on any atom is -0.466 e. The summed E-state index contributed by atoms with van der Waals surface area (Å²) in [6.07, 6.45) is 37.6. The molecule has 1 saturated carbocycles. The summed E-state index contributed by atoms with van der Waals surface area (Å²) < 4.78 is 17.1. The van der Waals surface area contributed by atoms with Gasteiger partial charge < -0.3 is 19.3 Å². The molecule has 0 aromatic heterocycles. The van der Waals surface area contributed by atoms with E-state index >= 15 is 0 Å². The van der Waals surface area contributed by atoms with Crippen LogP contribution < -0.4 is 0 Å². The van der Waals surface area contributed by atoms with Gasteiger partial charge in [-0.15, -0.1) is 0 Å². The largest absolute Gasteiger partial charge is 0.466 e. The van der Waals surface area contributed by atoms with E-state index in [-0.39, 0.29) is 49.0 Å². The second-order valence-electron chi connectivity index (χ2n) is 14.2. The lowest BCUT2D eigenvalue weighted by atomic mass is 9.89. The van der Waals surface area contributed by atoms with Crippen molar-refractivity contribution < 1.29 is 33.7 Å². The van der Waals surface area contributed by atoms with Crippen LogP contribution in [0.25, 0.3) is 0 Å². The first-order chi connectivity index (χ1) is 24.4. The number of unbranched alkanes of at least 4 members (excludes halogenated alkanes) is 13. The lowest BCUT2D eigenvalue weighted by Gasteiger charge is -2.23. The molecule has 1 aliphatic carbocycles. The number of ether oxygens (including phenoxy) is 3. The van der Waals surface area contributed by atoms with E-state index in [2.05, 4.69) is 57.2 Å². The maximum absolute atomic E-state index is 12.9. The first-order valence-electron chi connectivity index (χ1n) is 20.5. The molecule has 1 fully saturated rings. The van der Waals surface area contributed by atoms with Crippen LogP contribution in [0.5, 0.6) is 0 Å². The number of carbonyl (C=O) groups is 3. The number of hydrogen-bond acceptors (Lipinski definition) is 7. The second-order valence-corrected chi connectivity index (χ2v) is 14.2. The van der Waals surface area contributed by atoms with Gasteiger partial charge >= 0.3 is 17.9 Å². The minimum absolute atomic E-state index is 0.0238. The van der Waals surface area contributed by atoms with E-state index in [1.54, 1.807) is 0 Å². The second kappa shape index (κ2) is 32.5. The molecular formula is C43H74O7. The normalized spacial score (nSPS) is 18.4. The highest BCUT2D eigenvalue weighted by atomic mass is 16.6. The number of rotatable bonds is 32. The standard InChI is InChI=1S/C43H74O7/c1-4-7-10-12-13-14-15-16-17-18-19-20-21-22-24-26-28-38(49-41(45)30-27-23-11-8-5-2)33-34-48-42(46)35-37-31-32-40(50-43(47)36-44)39(37)29-25-9-6-3/h9,13-14,16-17,25,37-40,44H,4-8,10-12,15,18-24,26-36H2,1-3H3/b14-13-,17-16-,25-9-. The van der Waals surface area contributed by atoms with Crippen molar-refractivity contribution in [2.75, 3.05) is 13.2 Å². The molecule has 50 heavy (non-hydrogen) atoms. The van der Waals surface area contributed by atoms with Crippen molar-refractivity contribution in [3.8, 4) is 0 Å². The molecular weight excluding hydrogens is 628 g/mol. The van der Waals surface area contributed by atoms with Gasteiger partial charge in [-0.05, 0) is 83.0 Å². The number of aliphatic hydroxyl groups excluding tert-OH is 1. The lowest BCUT2D eigenvalue weighted by molar-refractivity contribution is -0.154. The number of esters is 3. The van der Waals surface area contributed by atoms with Crippen LogP contribution >= 0.6 is 0 Å². The molecule has 0 aromatic rings. The fourth-order valence-corrected chi connectivity index (χ4v) is 6.80. The topological polar surface area (TPSA) is 99.1 Å². The molecule has 4 atom stereocenters. The summed E-state index contributed by atoms with van der Waals surface area (Å²) in [6, 6.07) is 0. The molecule has 0 radical (unpaired) electrons. The molecule has 0 spiro atoms. The van der Waals surface area contributed by atoms with Crippen LogP contribution in [0.4, 0.5) is 0 Å². The Morgan fingerprint density at radius 1 is 0.680 bits per heavy atom. The highest BCUT2D eigenvalue weighted by Gasteiger charge is 2.39. The molecule has 0 aromatic carbocycles. The summed E-state index contributed by atoms with van der Waals surface area (Å²) >= 11 is 0. The Hall–Kier alpha value is -2.41. The molecule has 7 heteroatoms. The van der Waals surface area contributed by atoms with Crippen LogP contribution in [0.3, 0.4) is 0 Å². The molecule has 4 unspecified atom stereocenters. The van der Waals surface area contributed by atoms with Crippen molar-refractivity contribution in [2.24, 2.45) is 11.8 Å².